The second-order valence-corrected chi connectivity index (χ2v) is 5.41. The molecule has 2 aromatic heterocycles. The topological polar surface area (TPSA) is 55.1 Å². The average Bonchev–Trinajstić information content (AvgIpc) is 3.06. The lowest BCUT2D eigenvalue weighted by atomic mass is 10.2. The molecule has 0 unspecified atom stereocenters. The van der Waals surface area contributed by atoms with Crippen molar-refractivity contribution in [1.82, 2.24) is 10.3 Å². The number of rotatable bonds is 5. The van der Waals surface area contributed by atoms with E-state index in [1.165, 1.54) is 0 Å². The highest BCUT2D eigenvalue weighted by molar-refractivity contribution is 6.33. The van der Waals surface area contributed by atoms with Gasteiger partial charge in [0, 0.05) is 24.5 Å². The molecule has 0 bridgehead atoms. The van der Waals surface area contributed by atoms with Crippen LogP contribution in [0.4, 0.5) is 0 Å². The Morgan fingerprint density at radius 1 is 1.09 bits per heavy atom. The van der Waals surface area contributed by atoms with Gasteiger partial charge in [-0.2, -0.15) is 0 Å². The number of furan rings is 1. The van der Waals surface area contributed by atoms with Crippen LogP contribution in [0, 0.1) is 0 Å². The summed E-state index contributed by atoms with van der Waals surface area (Å²) >= 11 is 6.13. The zero-order valence-corrected chi connectivity index (χ0v) is 13.1. The van der Waals surface area contributed by atoms with E-state index in [2.05, 4.69) is 10.3 Å². The van der Waals surface area contributed by atoms with Gasteiger partial charge in [-0.3, -0.25) is 9.78 Å². The van der Waals surface area contributed by atoms with Gasteiger partial charge >= 0.3 is 0 Å². The number of carbonyl (C=O) groups is 1. The van der Waals surface area contributed by atoms with Crippen LogP contribution in [0.5, 0.6) is 0 Å². The first-order chi connectivity index (χ1) is 11.2. The predicted octanol–water partition coefficient (Wildman–Crippen LogP) is 3.97. The first-order valence-corrected chi connectivity index (χ1v) is 7.63. The summed E-state index contributed by atoms with van der Waals surface area (Å²) in [7, 11) is 0. The van der Waals surface area contributed by atoms with Crippen LogP contribution in [-0.2, 0) is 6.42 Å². The van der Waals surface area contributed by atoms with E-state index in [0.717, 1.165) is 17.5 Å². The number of nitrogens with one attached hydrogen (secondary N) is 1. The lowest BCUT2D eigenvalue weighted by Gasteiger charge is -2.03. The molecule has 0 saturated carbocycles. The highest BCUT2D eigenvalue weighted by atomic mass is 35.5. The summed E-state index contributed by atoms with van der Waals surface area (Å²) < 4.78 is 5.61. The molecule has 5 heteroatoms. The smallest absolute Gasteiger partial charge is 0.287 e. The molecule has 0 aliphatic carbocycles. The van der Waals surface area contributed by atoms with Crippen LogP contribution in [0.15, 0.2) is 65.3 Å². The molecule has 3 aromatic rings. The van der Waals surface area contributed by atoms with E-state index in [0.29, 0.717) is 17.3 Å². The molecule has 116 valence electrons. The molecular weight excluding hydrogens is 312 g/mol. The number of nitrogens with zero attached hydrogens (tertiary/aromatic N) is 1. The molecule has 1 aromatic carbocycles. The molecule has 4 nitrogen and oxygen atoms in total. The van der Waals surface area contributed by atoms with E-state index in [9.17, 15) is 4.79 Å². The second kappa shape index (κ2) is 7.11. The fraction of sp³-hybridized carbons (Fsp3) is 0.111. The average molecular weight is 327 g/mol. The molecule has 0 aliphatic heterocycles. The molecule has 0 aliphatic rings. The Bertz CT molecular complexity index is 800. The van der Waals surface area contributed by atoms with Crippen molar-refractivity contribution in [3.8, 4) is 11.3 Å². The quantitative estimate of drug-likeness (QED) is 0.772. The van der Waals surface area contributed by atoms with Crippen molar-refractivity contribution in [3.05, 3.63) is 77.3 Å². The minimum atomic E-state index is -0.239. The number of aromatic nitrogens is 1. The summed E-state index contributed by atoms with van der Waals surface area (Å²) in [4.78, 5) is 16.1. The van der Waals surface area contributed by atoms with Gasteiger partial charge in [0.1, 0.15) is 5.76 Å². The SMILES string of the molecule is O=C(NCCc1ccncc1)c1ccc(-c2ccccc2Cl)o1. The summed E-state index contributed by atoms with van der Waals surface area (Å²) in [6, 6.07) is 14.6. The van der Waals surface area contributed by atoms with Crippen LogP contribution in [0.25, 0.3) is 11.3 Å². The fourth-order valence-corrected chi connectivity index (χ4v) is 2.45. The number of amides is 1. The van der Waals surface area contributed by atoms with Gasteiger partial charge in [-0.05, 0) is 48.4 Å². The molecule has 0 fully saturated rings. The summed E-state index contributed by atoms with van der Waals surface area (Å²) in [6.45, 7) is 0.533. The number of pyridine rings is 1. The zero-order valence-electron chi connectivity index (χ0n) is 12.3. The van der Waals surface area contributed by atoms with Gasteiger partial charge in [0.25, 0.3) is 5.91 Å². The van der Waals surface area contributed by atoms with Crippen molar-refractivity contribution in [1.29, 1.82) is 0 Å². The Kier molecular flexibility index (Phi) is 4.74. The Balaban J connectivity index is 1.62. The summed E-state index contributed by atoms with van der Waals surface area (Å²) in [5.41, 5.74) is 1.89. The number of carbonyl (C=O) groups excluding carboxylic acids is 1. The number of hydrogen-bond acceptors (Lipinski definition) is 3. The van der Waals surface area contributed by atoms with Gasteiger partial charge in [0.2, 0.25) is 0 Å². The molecule has 2 heterocycles. The van der Waals surface area contributed by atoms with Crippen LogP contribution < -0.4 is 5.32 Å². The van der Waals surface area contributed by atoms with Crippen LogP contribution >= 0.6 is 11.6 Å². The van der Waals surface area contributed by atoms with Crippen LogP contribution in [0.2, 0.25) is 5.02 Å². The van der Waals surface area contributed by atoms with E-state index in [-0.39, 0.29) is 11.7 Å². The fourth-order valence-electron chi connectivity index (χ4n) is 2.22. The highest BCUT2D eigenvalue weighted by Crippen LogP contribution is 2.28. The minimum Gasteiger partial charge on any atom is -0.451 e. The highest BCUT2D eigenvalue weighted by Gasteiger charge is 2.13. The van der Waals surface area contributed by atoms with Crippen molar-refractivity contribution in [2.45, 2.75) is 6.42 Å². The van der Waals surface area contributed by atoms with E-state index in [1.807, 2.05) is 30.3 Å². The second-order valence-electron chi connectivity index (χ2n) is 5.01. The Morgan fingerprint density at radius 2 is 1.87 bits per heavy atom. The third kappa shape index (κ3) is 3.79. The number of halogens is 1. The number of hydrogen-bond donors (Lipinski definition) is 1. The maximum absolute atomic E-state index is 12.1. The van der Waals surface area contributed by atoms with Crippen molar-refractivity contribution in [2.24, 2.45) is 0 Å². The molecule has 0 atom stereocenters. The molecule has 23 heavy (non-hydrogen) atoms. The van der Waals surface area contributed by atoms with E-state index >= 15 is 0 Å². The molecule has 1 N–H and O–H groups in total. The molecule has 1 amide bonds. The van der Waals surface area contributed by atoms with Gasteiger partial charge in [-0.15, -0.1) is 0 Å². The standard InChI is InChI=1S/C18H15ClN2O2/c19-15-4-2-1-3-14(15)16-5-6-17(23-16)18(22)21-12-9-13-7-10-20-11-8-13/h1-8,10-11H,9,12H2,(H,21,22). The Hall–Kier alpha value is -2.59. The van der Waals surface area contributed by atoms with Crippen molar-refractivity contribution in [3.63, 3.8) is 0 Å². The van der Waals surface area contributed by atoms with Gasteiger partial charge < -0.3 is 9.73 Å². The first kappa shape index (κ1) is 15.3. The molecule has 3 rings (SSSR count). The first-order valence-electron chi connectivity index (χ1n) is 7.26. The third-order valence-corrected chi connectivity index (χ3v) is 3.75. The van der Waals surface area contributed by atoms with Gasteiger partial charge in [-0.1, -0.05) is 23.7 Å². The Labute approximate surface area is 139 Å². The lowest BCUT2D eigenvalue weighted by molar-refractivity contribution is 0.0927. The van der Waals surface area contributed by atoms with E-state index in [1.54, 1.807) is 30.6 Å². The molecular formula is C18H15ClN2O2. The molecule has 0 saturated heterocycles. The van der Waals surface area contributed by atoms with Gasteiger partial charge in [-0.25, -0.2) is 0 Å². The summed E-state index contributed by atoms with van der Waals surface area (Å²) in [5, 5.41) is 3.43. The van der Waals surface area contributed by atoms with Crippen LogP contribution in [0.1, 0.15) is 16.1 Å². The molecule has 0 spiro atoms. The predicted molar refractivity (Wildman–Crippen MR) is 89.4 cm³/mol. The maximum Gasteiger partial charge on any atom is 0.287 e. The van der Waals surface area contributed by atoms with Gasteiger partial charge in [0.15, 0.2) is 5.76 Å². The zero-order chi connectivity index (χ0) is 16.1. The van der Waals surface area contributed by atoms with E-state index < -0.39 is 0 Å². The van der Waals surface area contributed by atoms with Crippen molar-refractivity contribution in [2.75, 3.05) is 6.54 Å². The Morgan fingerprint density at radius 3 is 2.65 bits per heavy atom. The van der Waals surface area contributed by atoms with Gasteiger partial charge in [0.05, 0.1) is 5.02 Å². The monoisotopic (exact) mass is 326 g/mol. The third-order valence-electron chi connectivity index (χ3n) is 3.42. The largest absolute Gasteiger partial charge is 0.451 e. The molecule has 0 radical (unpaired) electrons. The van der Waals surface area contributed by atoms with E-state index in [4.69, 9.17) is 16.0 Å². The van der Waals surface area contributed by atoms with Crippen LogP contribution in [-0.4, -0.2) is 17.4 Å². The number of benzene rings is 1. The van der Waals surface area contributed by atoms with Crippen LogP contribution in [0.3, 0.4) is 0 Å². The normalized spacial score (nSPS) is 10.5. The minimum absolute atomic E-state index is 0.239. The maximum atomic E-state index is 12.1. The lowest BCUT2D eigenvalue weighted by Crippen LogP contribution is -2.25. The van der Waals surface area contributed by atoms with Crippen molar-refractivity contribution < 1.29 is 9.21 Å². The summed E-state index contributed by atoms with van der Waals surface area (Å²) in [5.74, 6) is 0.613. The summed E-state index contributed by atoms with van der Waals surface area (Å²) in [6.07, 6.45) is 4.21. The van der Waals surface area contributed by atoms with Crippen molar-refractivity contribution >= 4 is 17.5 Å².